The van der Waals surface area contributed by atoms with Gasteiger partial charge in [-0.15, -0.1) is 0 Å². The summed E-state index contributed by atoms with van der Waals surface area (Å²) in [5.41, 5.74) is 0.236. The molecule has 25 heavy (non-hydrogen) atoms. The first kappa shape index (κ1) is 16.6. The van der Waals surface area contributed by atoms with Gasteiger partial charge < -0.3 is 5.32 Å². The maximum Gasteiger partial charge on any atom is 0.271 e. The lowest BCUT2D eigenvalue weighted by molar-refractivity contribution is -0.384. The van der Waals surface area contributed by atoms with Crippen molar-refractivity contribution in [2.75, 3.05) is 11.9 Å². The number of imide groups is 1. The van der Waals surface area contributed by atoms with Crippen molar-refractivity contribution in [3.05, 3.63) is 68.7 Å². The summed E-state index contributed by atoms with van der Waals surface area (Å²) in [4.78, 5) is 47.6. The standard InChI is InChI=1S/C16H10ClN3O5/c17-12-6-5-9(20(24)25)7-13(12)18-14(21)8-19-15(22)10-3-1-2-4-11(10)16(19)23/h1-7H,8H2,(H,18,21). The largest absolute Gasteiger partial charge is 0.323 e. The van der Waals surface area contributed by atoms with Gasteiger partial charge in [-0.3, -0.25) is 29.4 Å². The second-order valence-electron chi connectivity index (χ2n) is 5.21. The van der Waals surface area contributed by atoms with Crippen LogP contribution in [0.2, 0.25) is 5.02 Å². The number of carbonyl (C=O) groups is 3. The minimum Gasteiger partial charge on any atom is -0.323 e. The zero-order chi connectivity index (χ0) is 18.1. The summed E-state index contributed by atoms with van der Waals surface area (Å²) in [6.45, 7) is -0.522. The molecular formula is C16H10ClN3O5. The van der Waals surface area contributed by atoms with Crippen LogP contribution < -0.4 is 5.32 Å². The van der Waals surface area contributed by atoms with Crippen LogP contribution >= 0.6 is 11.6 Å². The van der Waals surface area contributed by atoms with Crippen molar-refractivity contribution in [1.82, 2.24) is 4.90 Å². The van der Waals surface area contributed by atoms with Crippen molar-refractivity contribution in [2.45, 2.75) is 0 Å². The molecule has 2 aromatic carbocycles. The Kier molecular flexibility index (Phi) is 4.20. The number of amides is 3. The Hall–Kier alpha value is -3.26. The molecule has 0 unspecified atom stereocenters. The van der Waals surface area contributed by atoms with Gasteiger partial charge in [0.15, 0.2) is 0 Å². The molecule has 0 radical (unpaired) electrons. The molecule has 2 aromatic rings. The van der Waals surface area contributed by atoms with Gasteiger partial charge in [-0.25, -0.2) is 0 Å². The van der Waals surface area contributed by atoms with Crippen molar-refractivity contribution in [2.24, 2.45) is 0 Å². The topological polar surface area (TPSA) is 110 Å². The molecule has 0 aliphatic carbocycles. The van der Waals surface area contributed by atoms with E-state index in [1.165, 1.54) is 24.3 Å². The summed E-state index contributed by atoms with van der Waals surface area (Å²) in [5.74, 6) is -1.83. The van der Waals surface area contributed by atoms with Crippen LogP contribution in [-0.4, -0.2) is 34.1 Å². The van der Waals surface area contributed by atoms with Crippen molar-refractivity contribution in [3.63, 3.8) is 0 Å². The zero-order valence-corrected chi connectivity index (χ0v) is 13.3. The molecule has 0 aromatic heterocycles. The zero-order valence-electron chi connectivity index (χ0n) is 12.6. The molecule has 9 heteroatoms. The summed E-state index contributed by atoms with van der Waals surface area (Å²) < 4.78 is 0. The van der Waals surface area contributed by atoms with Crippen LogP contribution in [0.5, 0.6) is 0 Å². The molecule has 1 heterocycles. The number of anilines is 1. The number of carbonyl (C=O) groups excluding carboxylic acids is 3. The number of halogens is 1. The molecule has 3 amide bonds. The highest BCUT2D eigenvalue weighted by molar-refractivity contribution is 6.34. The second-order valence-corrected chi connectivity index (χ2v) is 5.62. The number of nitrogens with one attached hydrogen (secondary N) is 1. The fraction of sp³-hybridized carbons (Fsp3) is 0.0625. The van der Waals surface area contributed by atoms with E-state index < -0.39 is 29.2 Å². The Morgan fingerprint density at radius 3 is 2.28 bits per heavy atom. The van der Waals surface area contributed by atoms with Gasteiger partial charge in [-0.05, 0) is 18.2 Å². The first-order valence-corrected chi connectivity index (χ1v) is 7.45. The van der Waals surface area contributed by atoms with Gasteiger partial charge in [0, 0.05) is 12.1 Å². The molecular weight excluding hydrogens is 350 g/mol. The average molecular weight is 360 g/mol. The number of rotatable bonds is 4. The van der Waals surface area contributed by atoms with Gasteiger partial charge in [0.1, 0.15) is 6.54 Å². The van der Waals surface area contributed by atoms with Crippen LogP contribution in [0, 0.1) is 10.1 Å². The van der Waals surface area contributed by atoms with E-state index in [0.29, 0.717) is 0 Å². The molecule has 0 spiro atoms. The van der Waals surface area contributed by atoms with E-state index >= 15 is 0 Å². The average Bonchev–Trinajstić information content (AvgIpc) is 2.82. The van der Waals surface area contributed by atoms with Crippen molar-refractivity contribution in [1.29, 1.82) is 0 Å². The maximum atomic E-state index is 12.2. The van der Waals surface area contributed by atoms with Crippen LogP contribution in [0.4, 0.5) is 11.4 Å². The number of nitro benzene ring substituents is 1. The van der Waals surface area contributed by atoms with E-state index in [0.717, 1.165) is 11.0 Å². The molecule has 0 fully saturated rings. The van der Waals surface area contributed by atoms with Gasteiger partial charge in [-0.2, -0.15) is 0 Å². The smallest absolute Gasteiger partial charge is 0.271 e. The fourth-order valence-electron chi connectivity index (χ4n) is 2.44. The summed E-state index contributed by atoms with van der Waals surface area (Å²) in [7, 11) is 0. The minimum absolute atomic E-state index is 0.0254. The summed E-state index contributed by atoms with van der Waals surface area (Å²) in [5, 5.41) is 13.3. The number of nitrogens with zero attached hydrogens (tertiary/aromatic N) is 2. The molecule has 1 N–H and O–H groups in total. The number of benzene rings is 2. The Balaban J connectivity index is 1.76. The highest BCUT2D eigenvalue weighted by Gasteiger charge is 2.36. The predicted octanol–water partition coefficient (Wildman–Crippen LogP) is 2.48. The highest BCUT2D eigenvalue weighted by atomic mass is 35.5. The van der Waals surface area contributed by atoms with Gasteiger partial charge in [0.05, 0.1) is 26.8 Å². The normalized spacial score (nSPS) is 12.9. The quantitative estimate of drug-likeness (QED) is 0.512. The van der Waals surface area contributed by atoms with E-state index in [4.69, 9.17) is 11.6 Å². The Morgan fingerprint density at radius 2 is 1.72 bits per heavy atom. The van der Waals surface area contributed by atoms with E-state index in [1.54, 1.807) is 12.1 Å². The van der Waals surface area contributed by atoms with E-state index in [2.05, 4.69) is 5.32 Å². The second kappa shape index (κ2) is 6.33. The van der Waals surface area contributed by atoms with Crippen LogP contribution in [0.3, 0.4) is 0 Å². The number of hydrogen-bond donors (Lipinski definition) is 1. The van der Waals surface area contributed by atoms with E-state index in [9.17, 15) is 24.5 Å². The number of hydrogen-bond acceptors (Lipinski definition) is 5. The Bertz CT molecular complexity index is 893. The molecule has 126 valence electrons. The first-order valence-electron chi connectivity index (χ1n) is 7.07. The van der Waals surface area contributed by atoms with Crippen molar-refractivity contribution < 1.29 is 19.3 Å². The number of fused-ring (bicyclic) bond motifs is 1. The number of non-ortho nitro benzene ring substituents is 1. The molecule has 0 saturated carbocycles. The molecule has 0 bridgehead atoms. The van der Waals surface area contributed by atoms with Gasteiger partial charge in [-0.1, -0.05) is 23.7 Å². The lowest BCUT2D eigenvalue weighted by Crippen LogP contribution is -2.37. The molecule has 8 nitrogen and oxygen atoms in total. The monoisotopic (exact) mass is 359 g/mol. The molecule has 1 aliphatic heterocycles. The van der Waals surface area contributed by atoms with Gasteiger partial charge in [0.25, 0.3) is 17.5 Å². The Labute approximate surface area is 146 Å². The van der Waals surface area contributed by atoms with Crippen molar-refractivity contribution >= 4 is 40.7 Å². The van der Waals surface area contributed by atoms with Crippen LogP contribution in [0.25, 0.3) is 0 Å². The number of nitro groups is 1. The predicted molar refractivity (Wildman–Crippen MR) is 88.5 cm³/mol. The lowest BCUT2D eigenvalue weighted by Gasteiger charge is -2.14. The van der Waals surface area contributed by atoms with Gasteiger partial charge in [0.2, 0.25) is 5.91 Å². The highest BCUT2D eigenvalue weighted by Crippen LogP contribution is 2.27. The molecule has 0 saturated heterocycles. The molecule has 1 aliphatic rings. The summed E-state index contributed by atoms with van der Waals surface area (Å²) >= 11 is 5.91. The minimum atomic E-state index is -0.697. The van der Waals surface area contributed by atoms with E-state index in [-0.39, 0.29) is 27.5 Å². The molecule has 0 atom stereocenters. The SMILES string of the molecule is O=C(CN1C(=O)c2ccccc2C1=O)Nc1cc([N+](=O)[O-])ccc1Cl. The van der Waals surface area contributed by atoms with E-state index in [1.807, 2.05) is 0 Å². The Morgan fingerprint density at radius 1 is 1.12 bits per heavy atom. The van der Waals surface area contributed by atoms with Gasteiger partial charge >= 0.3 is 0 Å². The third-order valence-corrected chi connectivity index (χ3v) is 3.94. The third-order valence-electron chi connectivity index (χ3n) is 3.61. The van der Waals surface area contributed by atoms with Crippen LogP contribution in [0.1, 0.15) is 20.7 Å². The lowest BCUT2D eigenvalue weighted by atomic mass is 10.1. The maximum absolute atomic E-state index is 12.2. The third kappa shape index (κ3) is 3.07. The van der Waals surface area contributed by atoms with Crippen molar-refractivity contribution in [3.8, 4) is 0 Å². The summed E-state index contributed by atoms with van der Waals surface area (Å²) in [6.07, 6.45) is 0. The summed E-state index contributed by atoms with van der Waals surface area (Å²) in [6, 6.07) is 9.82. The van der Waals surface area contributed by atoms with Crippen LogP contribution in [0.15, 0.2) is 42.5 Å². The van der Waals surface area contributed by atoms with Crippen LogP contribution in [-0.2, 0) is 4.79 Å². The molecule has 3 rings (SSSR count). The first-order chi connectivity index (χ1) is 11.9. The fourth-order valence-corrected chi connectivity index (χ4v) is 2.60.